The molecule has 0 aliphatic carbocycles. The van der Waals surface area contributed by atoms with Crippen LogP contribution in [-0.4, -0.2) is 157 Å². The number of rotatable bonds is 6. The third kappa shape index (κ3) is 5.07. The van der Waals surface area contributed by atoms with E-state index in [1.807, 2.05) is 0 Å². The van der Waals surface area contributed by atoms with E-state index in [4.69, 9.17) is 23.7 Å². The van der Waals surface area contributed by atoms with Gasteiger partial charge < -0.3 is 74.7 Å². The number of aliphatic hydroxyl groups is 10. The Bertz CT molecular complexity index is 596. The van der Waals surface area contributed by atoms with Gasteiger partial charge in [0.05, 0.1) is 19.8 Å². The fraction of sp³-hybridized carbons (Fsp3) is 1.00. The molecular weight excluding hydrogens is 444 g/mol. The van der Waals surface area contributed by atoms with Crippen molar-refractivity contribution in [1.82, 2.24) is 0 Å². The van der Waals surface area contributed by atoms with Gasteiger partial charge in [0.1, 0.15) is 67.1 Å². The largest absolute Gasteiger partial charge is 0.394 e. The Labute approximate surface area is 181 Å². The number of ether oxygens (including phenoxy) is 5. The molecular formula is C17H30O15. The van der Waals surface area contributed by atoms with Crippen LogP contribution in [-0.2, 0) is 23.7 Å². The first-order chi connectivity index (χ1) is 15.1. The van der Waals surface area contributed by atoms with E-state index in [2.05, 4.69) is 0 Å². The van der Waals surface area contributed by atoms with Crippen LogP contribution < -0.4 is 0 Å². The van der Waals surface area contributed by atoms with Crippen molar-refractivity contribution >= 4 is 0 Å². The first kappa shape index (κ1) is 26.0. The molecule has 3 aliphatic rings. The Morgan fingerprint density at radius 2 is 1.03 bits per heavy atom. The van der Waals surface area contributed by atoms with Crippen molar-refractivity contribution in [2.75, 3.05) is 19.8 Å². The smallest absolute Gasteiger partial charge is 0.184 e. The summed E-state index contributed by atoms with van der Waals surface area (Å²) in [6.45, 7) is -1.87. The summed E-state index contributed by atoms with van der Waals surface area (Å²) in [6.07, 6.45) is -22.7. The Balaban J connectivity index is 1.72. The van der Waals surface area contributed by atoms with Gasteiger partial charge in [-0.15, -0.1) is 0 Å². The van der Waals surface area contributed by atoms with E-state index in [1.54, 1.807) is 0 Å². The van der Waals surface area contributed by atoms with Crippen LogP contribution in [0.3, 0.4) is 0 Å². The Kier molecular flexibility index (Phi) is 8.75. The summed E-state index contributed by atoms with van der Waals surface area (Å²) in [5, 5.41) is 99.5. The summed E-state index contributed by atoms with van der Waals surface area (Å²) in [4.78, 5) is 0. The average molecular weight is 474 g/mol. The summed E-state index contributed by atoms with van der Waals surface area (Å²) in [5.74, 6) is 0. The molecule has 0 bridgehead atoms. The van der Waals surface area contributed by atoms with Gasteiger partial charge in [0.25, 0.3) is 0 Å². The maximum atomic E-state index is 10.7. The van der Waals surface area contributed by atoms with Crippen molar-refractivity contribution in [2.45, 2.75) is 86.0 Å². The van der Waals surface area contributed by atoms with Gasteiger partial charge in [-0.2, -0.15) is 0 Å². The minimum Gasteiger partial charge on any atom is -0.394 e. The second kappa shape index (κ2) is 10.8. The van der Waals surface area contributed by atoms with Gasteiger partial charge in [-0.05, 0) is 0 Å². The van der Waals surface area contributed by atoms with E-state index in [1.165, 1.54) is 0 Å². The molecule has 0 aromatic rings. The van der Waals surface area contributed by atoms with Crippen molar-refractivity contribution < 1.29 is 74.7 Å². The van der Waals surface area contributed by atoms with Crippen LogP contribution in [0.4, 0.5) is 0 Å². The maximum absolute atomic E-state index is 10.7. The summed E-state index contributed by atoms with van der Waals surface area (Å²) in [6, 6.07) is 0. The molecule has 32 heavy (non-hydrogen) atoms. The summed E-state index contributed by atoms with van der Waals surface area (Å²) < 4.78 is 25.7. The first-order valence-electron chi connectivity index (χ1n) is 10.00. The minimum absolute atomic E-state index is 0.445. The third-order valence-electron chi connectivity index (χ3n) is 5.76. The van der Waals surface area contributed by atoms with Crippen LogP contribution >= 0.6 is 0 Å². The van der Waals surface area contributed by atoms with Crippen LogP contribution in [0.25, 0.3) is 0 Å². The molecule has 0 aromatic carbocycles. The molecule has 14 atom stereocenters. The quantitative estimate of drug-likeness (QED) is 0.172. The highest BCUT2D eigenvalue weighted by Crippen LogP contribution is 2.30. The lowest BCUT2D eigenvalue weighted by Crippen LogP contribution is -2.65. The second-order valence-corrected chi connectivity index (χ2v) is 7.88. The lowest BCUT2D eigenvalue weighted by Gasteiger charge is -2.46. The van der Waals surface area contributed by atoms with Gasteiger partial charge in [0.15, 0.2) is 18.9 Å². The normalized spacial score (nSPS) is 52.7. The highest BCUT2D eigenvalue weighted by atomic mass is 16.7. The van der Waals surface area contributed by atoms with Gasteiger partial charge >= 0.3 is 0 Å². The fourth-order valence-corrected chi connectivity index (χ4v) is 3.87. The van der Waals surface area contributed by atoms with E-state index in [0.717, 1.165) is 0 Å². The summed E-state index contributed by atoms with van der Waals surface area (Å²) in [7, 11) is 0. The van der Waals surface area contributed by atoms with Gasteiger partial charge in [0.2, 0.25) is 0 Å². The molecule has 0 amide bonds. The summed E-state index contributed by atoms with van der Waals surface area (Å²) >= 11 is 0. The van der Waals surface area contributed by atoms with Crippen LogP contribution in [0.5, 0.6) is 0 Å². The zero-order valence-electron chi connectivity index (χ0n) is 16.7. The molecule has 188 valence electrons. The highest BCUT2D eigenvalue weighted by Gasteiger charge is 2.51. The predicted molar refractivity (Wildman–Crippen MR) is 95.2 cm³/mol. The first-order valence-corrected chi connectivity index (χ1v) is 10.00. The molecule has 0 unspecified atom stereocenters. The average Bonchev–Trinajstić information content (AvgIpc) is 2.77. The van der Waals surface area contributed by atoms with E-state index in [-0.39, 0.29) is 0 Å². The molecule has 15 heteroatoms. The molecule has 3 heterocycles. The zero-order chi connectivity index (χ0) is 23.7. The van der Waals surface area contributed by atoms with Crippen LogP contribution in [0, 0.1) is 0 Å². The molecule has 10 N–H and O–H groups in total. The lowest BCUT2D eigenvalue weighted by atomic mass is 9.96. The molecule has 3 fully saturated rings. The van der Waals surface area contributed by atoms with E-state index in [9.17, 15) is 51.1 Å². The van der Waals surface area contributed by atoms with E-state index in [0.29, 0.717) is 0 Å². The minimum atomic E-state index is -1.84. The van der Waals surface area contributed by atoms with Crippen molar-refractivity contribution in [3.63, 3.8) is 0 Å². The fourth-order valence-electron chi connectivity index (χ4n) is 3.87. The third-order valence-corrected chi connectivity index (χ3v) is 5.76. The Morgan fingerprint density at radius 1 is 0.562 bits per heavy atom. The predicted octanol–water partition coefficient (Wildman–Crippen LogP) is -6.93. The molecule has 0 saturated carbocycles. The van der Waals surface area contributed by atoms with E-state index < -0.39 is 106 Å². The number of aliphatic hydroxyl groups excluding tert-OH is 10. The number of hydrogen-bond donors (Lipinski definition) is 10. The van der Waals surface area contributed by atoms with Gasteiger partial charge in [-0.3, -0.25) is 0 Å². The van der Waals surface area contributed by atoms with Gasteiger partial charge in [-0.25, -0.2) is 0 Å². The van der Waals surface area contributed by atoms with Gasteiger partial charge in [0, 0.05) is 0 Å². The van der Waals surface area contributed by atoms with Crippen LogP contribution in [0.1, 0.15) is 0 Å². The molecule has 3 aliphatic heterocycles. The molecule has 0 radical (unpaired) electrons. The lowest BCUT2D eigenvalue weighted by molar-refractivity contribution is -0.347. The van der Waals surface area contributed by atoms with Crippen molar-refractivity contribution in [3.8, 4) is 0 Å². The highest BCUT2D eigenvalue weighted by molar-refractivity contribution is 4.95. The second-order valence-electron chi connectivity index (χ2n) is 7.88. The SMILES string of the molecule is OC[C@H]1O[C@H](O)[C@H](O)[C@H](O[C@H]2CO[C@@H](O)[C@@H](O[C@@H]3[C@@H](O)[C@@H](O)O[C@H](CO)[C@H]3O)[C@@H]2O)[C@H]1O. The molecule has 0 spiro atoms. The standard InChI is InChI=1S/C17H30O15/c18-1-4-7(20)12(10(23)15(25)30-4)29-6-3-28-17(27)14(9(6)22)32-13-8(21)5(2-19)31-16(26)11(13)24/h4-27H,1-3H2/t4-,5-,6+,7+,8-,9-,10-,11-,12-,13+,14+,15+,16+,17-/m1/s1. The number of hydrogen-bond acceptors (Lipinski definition) is 15. The van der Waals surface area contributed by atoms with Crippen molar-refractivity contribution in [3.05, 3.63) is 0 Å². The Hall–Kier alpha value is -0.600. The molecule has 0 aromatic heterocycles. The molecule has 15 nitrogen and oxygen atoms in total. The van der Waals surface area contributed by atoms with Crippen LogP contribution in [0.2, 0.25) is 0 Å². The monoisotopic (exact) mass is 474 g/mol. The topological polar surface area (TPSA) is 248 Å². The Morgan fingerprint density at radius 3 is 1.50 bits per heavy atom. The van der Waals surface area contributed by atoms with Crippen molar-refractivity contribution in [2.24, 2.45) is 0 Å². The molecule has 3 rings (SSSR count). The summed E-state index contributed by atoms with van der Waals surface area (Å²) in [5.41, 5.74) is 0. The van der Waals surface area contributed by atoms with Crippen molar-refractivity contribution in [1.29, 1.82) is 0 Å². The van der Waals surface area contributed by atoms with Crippen LogP contribution in [0.15, 0.2) is 0 Å². The van der Waals surface area contributed by atoms with E-state index >= 15 is 0 Å². The maximum Gasteiger partial charge on any atom is 0.184 e. The molecule has 3 saturated heterocycles. The zero-order valence-corrected chi connectivity index (χ0v) is 16.7. The van der Waals surface area contributed by atoms with Gasteiger partial charge in [-0.1, -0.05) is 0 Å².